The fraction of sp³-hybridized carbons (Fsp3) is 0.458. The molecule has 2 N–H and O–H groups in total. The van der Waals surface area contributed by atoms with Gasteiger partial charge in [0.25, 0.3) is 0 Å². The van der Waals surface area contributed by atoms with Crippen LogP contribution >= 0.6 is 23.2 Å². The molecule has 8 nitrogen and oxygen atoms in total. The Balaban J connectivity index is 1.44. The van der Waals surface area contributed by atoms with Gasteiger partial charge in [0.1, 0.15) is 4.90 Å². The molecule has 2 saturated heterocycles. The fourth-order valence-corrected chi connectivity index (χ4v) is 6.88. The van der Waals surface area contributed by atoms with E-state index in [2.05, 4.69) is 5.32 Å². The molecule has 0 bridgehead atoms. The Morgan fingerprint density at radius 3 is 2.51 bits per heavy atom. The lowest BCUT2D eigenvalue weighted by molar-refractivity contribution is -0.146. The number of hydrogen-bond acceptors (Lipinski definition) is 6. The van der Waals surface area contributed by atoms with Crippen molar-refractivity contribution in [2.75, 3.05) is 19.8 Å². The Labute approximate surface area is 215 Å². The van der Waals surface area contributed by atoms with E-state index in [0.29, 0.717) is 24.4 Å². The molecule has 35 heavy (non-hydrogen) atoms. The molecule has 11 heteroatoms. The maximum absolute atomic E-state index is 13.5. The number of ether oxygens (including phenoxy) is 2. The van der Waals surface area contributed by atoms with Crippen LogP contribution in [0.2, 0.25) is 10.0 Å². The molecule has 0 aliphatic carbocycles. The van der Waals surface area contributed by atoms with E-state index < -0.39 is 28.3 Å². The number of aliphatic hydroxyl groups excluding tert-OH is 1. The number of halogens is 2. The lowest BCUT2D eigenvalue weighted by Crippen LogP contribution is -2.57. The second-order valence-electron chi connectivity index (χ2n) is 8.71. The van der Waals surface area contributed by atoms with Crippen LogP contribution in [0.1, 0.15) is 24.8 Å². The second kappa shape index (κ2) is 11.6. The van der Waals surface area contributed by atoms with Crippen LogP contribution in [-0.4, -0.2) is 67.8 Å². The zero-order chi connectivity index (χ0) is 25.0. The Hall–Kier alpha value is -1.72. The predicted octanol–water partition coefficient (Wildman–Crippen LogP) is 3.00. The number of hydrogen-bond donors (Lipinski definition) is 2. The Morgan fingerprint density at radius 2 is 1.77 bits per heavy atom. The van der Waals surface area contributed by atoms with Crippen molar-refractivity contribution in [2.45, 2.75) is 55.1 Å². The molecule has 0 saturated carbocycles. The molecule has 0 spiro atoms. The number of amides is 1. The monoisotopic (exact) mass is 542 g/mol. The third-order valence-electron chi connectivity index (χ3n) is 6.20. The van der Waals surface area contributed by atoms with Crippen molar-refractivity contribution in [2.24, 2.45) is 0 Å². The number of aliphatic hydroxyl groups is 1. The van der Waals surface area contributed by atoms with Crippen LogP contribution in [0, 0.1) is 0 Å². The van der Waals surface area contributed by atoms with Gasteiger partial charge >= 0.3 is 0 Å². The molecule has 2 aliphatic heterocycles. The number of carbonyl (C=O) groups excluding carboxylic acids is 1. The van der Waals surface area contributed by atoms with Crippen LogP contribution < -0.4 is 5.32 Å². The Morgan fingerprint density at radius 1 is 1.06 bits per heavy atom. The summed E-state index contributed by atoms with van der Waals surface area (Å²) in [5.74, 6) is -0.184. The smallest absolute Gasteiger partial charge is 0.244 e. The molecule has 0 radical (unpaired) electrons. The van der Waals surface area contributed by atoms with Gasteiger partial charge in [-0.2, -0.15) is 4.31 Å². The van der Waals surface area contributed by atoms with Gasteiger partial charge in [0.2, 0.25) is 15.9 Å². The lowest BCUT2D eigenvalue weighted by atomic mass is 9.96. The van der Waals surface area contributed by atoms with Gasteiger partial charge in [0, 0.05) is 18.1 Å². The minimum Gasteiger partial charge on any atom is -0.389 e. The molecule has 4 rings (SSSR count). The van der Waals surface area contributed by atoms with E-state index in [1.807, 2.05) is 18.2 Å². The highest BCUT2D eigenvalue weighted by molar-refractivity contribution is 7.89. The molecular weight excluding hydrogens is 515 g/mol. The molecule has 1 amide bonds. The van der Waals surface area contributed by atoms with Crippen molar-refractivity contribution in [1.29, 1.82) is 0 Å². The number of benzene rings is 2. The van der Waals surface area contributed by atoms with Crippen molar-refractivity contribution >= 4 is 39.1 Å². The summed E-state index contributed by atoms with van der Waals surface area (Å²) < 4.78 is 40.1. The van der Waals surface area contributed by atoms with E-state index in [1.165, 1.54) is 16.4 Å². The first kappa shape index (κ1) is 26.3. The van der Waals surface area contributed by atoms with Crippen LogP contribution in [-0.2, 0) is 30.8 Å². The number of nitrogens with zero attached hydrogens (tertiary/aromatic N) is 1. The summed E-state index contributed by atoms with van der Waals surface area (Å²) in [5.41, 5.74) is 0.819. The van der Waals surface area contributed by atoms with E-state index in [1.54, 1.807) is 18.2 Å². The first-order valence-electron chi connectivity index (χ1n) is 11.4. The number of fused-ring (bicyclic) bond motifs is 1. The van der Waals surface area contributed by atoms with Gasteiger partial charge < -0.3 is 19.9 Å². The van der Waals surface area contributed by atoms with Crippen molar-refractivity contribution in [1.82, 2.24) is 9.62 Å². The quantitative estimate of drug-likeness (QED) is 0.581. The zero-order valence-electron chi connectivity index (χ0n) is 19.0. The van der Waals surface area contributed by atoms with Crippen LogP contribution in [0.3, 0.4) is 0 Å². The third kappa shape index (κ3) is 6.35. The number of sulfonamides is 1. The number of carbonyl (C=O) groups is 1. The highest BCUT2D eigenvalue weighted by atomic mass is 35.5. The fourth-order valence-electron chi connectivity index (χ4n) is 4.47. The number of rotatable bonds is 6. The molecule has 190 valence electrons. The van der Waals surface area contributed by atoms with Crippen molar-refractivity contribution < 1.29 is 27.8 Å². The average molecular weight is 543 g/mol. The molecule has 2 heterocycles. The molecule has 2 aromatic rings. The van der Waals surface area contributed by atoms with Gasteiger partial charge in [0.05, 0.1) is 49.0 Å². The van der Waals surface area contributed by atoms with Crippen LogP contribution in [0.4, 0.5) is 0 Å². The Bertz CT molecular complexity index is 1150. The molecule has 2 aromatic carbocycles. The van der Waals surface area contributed by atoms with Gasteiger partial charge in [-0.3, -0.25) is 4.79 Å². The Kier molecular flexibility index (Phi) is 8.70. The number of nitrogens with one attached hydrogen (secondary N) is 1. The summed E-state index contributed by atoms with van der Waals surface area (Å²) in [5, 5.41) is 13.9. The maximum atomic E-state index is 13.5. The topological polar surface area (TPSA) is 105 Å². The zero-order valence-corrected chi connectivity index (χ0v) is 21.3. The summed E-state index contributed by atoms with van der Waals surface area (Å²) in [6.07, 6.45) is -0.900. The summed E-state index contributed by atoms with van der Waals surface area (Å²) in [6, 6.07) is 13.0. The van der Waals surface area contributed by atoms with Crippen molar-refractivity contribution in [3.05, 3.63) is 64.1 Å². The van der Waals surface area contributed by atoms with Crippen molar-refractivity contribution in [3.63, 3.8) is 0 Å². The largest absolute Gasteiger partial charge is 0.389 e. The lowest BCUT2D eigenvalue weighted by Gasteiger charge is -2.43. The standard InChI is InChI=1S/C24H28Cl2N2O6S/c25-19-6-2-1-5-16(19)12-27-24(30)11-18-9-10-21-22(34-18)15-33-14-17(29)13-28(21)35(31,32)23-8-4-3-7-20(23)26/h1-8,17-18,21-22,29H,9-15H2,(H,27,30)/t17-,18-,21-,22+/m1/s1. The van der Waals surface area contributed by atoms with E-state index in [-0.39, 0.29) is 48.1 Å². The van der Waals surface area contributed by atoms with Gasteiger partial charge in [0.15, 0.2) is 0 Å². The van der Waals surface area contributed by atoms with Gasteiger partial charge in [-0.15, -0.1) is 0 Å². The predicted molar refractivity (Wildman–Crippen MR) is 132 cm³/mol. The molecule has 0 unspecified atom stereocenters. The first-order valence-corrected chi connectivity index (χ1v) is 13.6. The second-order valence-corrected chi connectivity index (χ2v) is 11.4. The summed E-state index contributed by atoms with van der Waals surface area (Å²) in [6.45, 7) is 0.251. The molecule has 4 atom stereocenters. The molecule has 0 aromatic heterocycles. The molecule has 2 fully saturated rings. The normalized spacial score (nSPS) is 25.8. The van der Waals surface area contributed by atoms with Crippen LogP contribution in [0.5, 0.6) is 0 Å². The highest BCUT2D eigenvalue weighted by Gasteiger charge is 2.43. The van der Waals surface area contributed by atoms with Gasteiger partial charge in [-0.1, -0.05) is 53.5 Å². The van der Waals surface area contributed by atoms with E-state index in [4.69, 9.17) is 32.7 Å². The summed E-state index contributed by atoms with van der Waals surface area (Å²) in [4.78, 5) is 12.5. The third-order valence-corrected chi connectivity index (χ3v) is 8.96. The van der Waals surface area contributed by atoms with E-state index >= 15 is 0 Å². The molecular formula is C24H28Cl2N2O6S. The van der Waals surface area contributed by atoms with E-state index in [0.717, 1.165) is 5.56 Å². The summed E-state index contributed by atoms with van der Waals surface area (Å²) in [7, 11) is -4.01. The first-order chi connectivity index (χ1) is 16.8. The molecule has 2 aliphatic rings. The average Bonchev–Trinajstić information content (AvgIpc) is 2.81. The van der Waals surface area contributed by atoms with Crippen LogP contribution in [0.25, 0.3) is 0 Å². The number of β-amino-alcohol motifs (C(OH)–C–C–N with tert-alkyl or cyclic N) is 1. The summed E-state index contributed by atoms with van der Waals surface area (Å²) >= 11 is 12.3. The highest BCUT2D eigenvalue weighted by Crippen LogP contribution is 2.33. The SMILES string of the molecule is O=C(C[C@H]1CC[C@@H]2[C@H](COC[C@H](O)CN2S(=O)(=O)c2ccccc2Cl)O1)NCc1ccccc1Cl. The van der Waals surface area contributed by atoms with Crippen LogP contribution in [0.15, 0.2) is 53.4 Å². The van der Waals surface area contributed by atoms with Gasteiger partial charge in [-0.05, 0) is 36.6 Å². The minimum atomic E-state index is -4.01. The maximum Gasteiger partial charge on any atom is 0.244 e. The van der Waals surface area contributed by atoms with Crippen molar-refractivity contribution in [3.8, 4) is 0 Å². The van der Waals surface area contributed by atoms with E-state index in [9.17, 15) is 18.3 Å². The minimum absolute atomic E-state index is 0.0183. The van der Waals surface area contributed by atoms with Gasteiger partial charge in [-0.25, -0.2) is 8.42 Å².